The van der Waals surface area contributed by atoms with Crippen LogP contribution in [0.3, 0.4) is 0 Å². The van der Waals surface area contributed by atoms with Gasteiger partial charge < -0.3 is 10.2 Å². The molecule has 146 valence electrons. The van der Waals surface area contributed by atoms with Gasteiger partial charge in [0.1, 0.15) is 5.00 Å². The second-order valence-corrected chi connectivity index (χ2v) is 7.58. The maximum Gasteiger partial charge on any atom is 0.323 e. The van der Waals surface area contributed by atoms with Gasteiger partial charge in [-0.15, -0.1) is 11.3 Å². The van der Waals surface area contributed by atoms with E-state index < -0.39 is 22.8 Å². The number of non-ortho nitro benzene ring substituents is 1. The number of nitro benzene ring substituents is 1. The van der Waals surface area contributed by atoms with Crippen LogP contribution in [0.4, 0.5) is 15.5 Å². The van der Waals surface area contributed by atoms with E-state index in [0.29, 0.717) is 11.4 Å². The Hall–Kier alpha value is -3.27. The minimum absolute atomic E-state index is 0.110. The van der Waals surface area contributed by atoms with E-state index in [9.17, 15) is 24.5 Å². The van der Waals surface area contributed by atoms with Gasteiger partial charge in [0, 0.05) is 36.7 Å². The molecule has 1 heterocycles. The molecule has 10 heteroatoms. The van der Waals surface area contributed by atoms with Crippen LogP contribution in [0, 0.1) is 10.1 Å². The van der Waals surface area contributed by atoms with Crippen LogP contribution in [0.25, 0.3) is 0 Å². The summed E-state index contributed by atoms with van der Waals surface area (Å²) in [6.45, 7) is 0. The molecule has 0 saturated carbocycles. The summed E-state index contributed by atoms with van der Waals surface area (Å²) >= 11 is 1.29. The smallest absolute Gasteiger partial charge is 0.323 e. The van der Waals surface area contributed by atoms with Crippen molar-refractivity contribution in [3.8, 4) is 0 Å². The number of carbonyl (C=O) groups is 3. The maximum absolute atomic E-state index is 12.7. The van der Waals surface area contributed by atoms with Crippen LogP contribution in [0.1, 0.15) is 37.6 Å². The first-order valence-corrected chi connectivity index (χ1v) is 9.32. The van der Waals surface area contributed by atoms with E-state index >= 15 is 0 Å². The zero-order valence-electron chi connectivity index (χ0n) is 15.3. The SMILES string of the molecule is CN(C)C(=O)NC(=O)c1c(NC(=O)c2cccc([N+](=O)[O-])c2)sc2c1CCC2. The normalized spacial score (nSPS) is 12.2. The average molecular weight is 402 g/mol. The number of nitro groups is 1. The van der Waals surface area contributed by atoms with E-state index in [0.717, 1.165) is 23.3 Å². The number of anilines is 1. The van der Waals surface area contributed by atoms with Gasteiger partial charge >= 0.3 is 6.03 Å². The van der Waals surface area contributed by atoms with E-state index in [1.54, 1.807) is 0 Å². The fraction of sp³-hybridized carbons (Fsp3) is 0.278. The Morgan fingerprint density at radius 2 is 1.93 bits per heavy atom. The molecule has 1 aliphatic carbocycles. The fourth-order valence-corrected chi connectivity index (χ4v) is 4.22. The highest BCUT2D eigenvalue weighted by molar-refractivity contribution is 7.17. The molecule has 1 aliphatic rings. The second-order valence-electron chi connectivity index (χ2n) is 6.48. The van der Waals surface area contributed by atoms with Crippen molar-refractivity contribution in [2.75, 3.05) is 19.4 Å². The summed E-state index contributed by atoms with van der Waals surface area (Å²) in [7, 11) is 3.04. The second kappa shape index (κ2) is 7.77. The Kier molecular flexibility index (Phi) is 5.41. The minimum Gasteiger partial charge on any atom is -0.331 e. The molecule has 9 nitrogen and oxygen atoms in total. The van der Waals surface area contributed by atoms with Crippen molar-refractivity contribution in [1.82, 2.24) is 10.2 Å². The van der Waals surface area contributed by atoms with Gasteiger partial charge in [-0.1, -0.05) is 6.07 Å². The lowest BCUT2D eigenvalue weighted by Gasteiger charge is -2.12. The van der Waals surface area contributed by atoms with E-state index in [2.05, 4.69) is 10.6 Å². The summed E-state index contributed by atoms with van der Waals surface area (Å²) in [5.74, 6) is -1.14. The molecule has 2 N–H and O–H groups in total. The predicted molar refractivity (Wildman–Crippen MR) is 104 cm³/mol. The molecule has 0 aliphatic heterocycles. The van der Waals surface area contributed by atoms with E-state index in [4.69, 9.17) is 0 Å². The van der Waals surface area contributed by atoms with Gasteiger partial charge in [-0.25, -0.2) is 4.79 Å². The number of amides is 4. The van der Waals surface area contributed by atoms with E-state index in [-0.39, 0.29) is 16.8 Å². The number of urea groups is 1. The molecule has 0 spiro atoms. The molecule has 1 aromatic heterocycles. The Morgan fingerprint density at radius 3 is 2.61 bits per heavy atom. The first-order valence-electron chi connectivity index (χ1n) is 8.51. The highest BCUT2D eigenvalue weighted by atomic mass is 32.1. The number of rotatable bonds is 4. The molecule has 0 radical (unpaired) electrons. The molecule has 1 aromatic carbocycles. The van der Waals surface area contributed by atoms with Crippen molar-refractivity contribution in [3.05, 3.63) is 55.9 Å². The van der Waals surface area contributed by atoms with Gasteiger partial charge in [-0.05, 0) is 30.9 Å². The number of aryl methyl sites for hydroxylation is 1. The first-order chi connectivity index (χ1) is 13.3. The molecule has 2 aromatic rings. The Balaban J connectivity index is 1.89. The fourth-order valence-electron chi connectivity index (χ4n) is 2.94. The third-order valence-electron chi connectivity index (χ3n) is 4.32. The van der Waals surface area contributed by atoms with Gasteiger partial charge in [0.15, 0.2) is 0 Å². The van der Waals surface area contributed by atoms with Crippen LogP contribution < -0.4 is 10.6 Å². The number of hydrogen-bond donors (Lipinski definition) is 2. The number of imide groups is 1. The first kappa shape index (κ1) is 19.5. The van der Waals surface area contributed by atoms with Gasteiger partial charge in [-0.2, -0.15) is 0 Å². The number of nitrogens with zero attached hydrogens (tertiary/aromatic N) is 2. The number of thiophene rings is 1. The maximum atomic E-state index is 12.7. The molecular formula is C18H18N4O5S. The van der Waals surface area contributed by atoms with Gasteiger partial charge in [0.2, 0.25) is 0 Å². The van der Waals surface area contributed by atoms with Crippen LogP contribution in [0.2, 0.25) is 0 Å². The standard InChI is InChI=1S/C18H18N4O5S/c1-21(2)18(25)20-16(24)14-12-7-4-8-13(12)28-17(14)19-15(23)10-5-3-6-11(9-10)22(26)27/h3,5-6,9H,4,7-8H2,1-2H3,(H,19,23)(H,20,24,25). The summed E-state index contributed by atoms with van der Waals surface area (Å²) in [6, 6.07) is 4.79. The Morgan fingerprint density at radius 1 is 1.18 bits per heavy atom. The van der Waals surface area contributed by atoms with Crippen molar-refractivity contribution in [2.24, 2.45) is 0 Å². The number of fused-ring (bicyclic) bond motifs is 1. The van der Waals surface area contributed by atoms with Crippen LogP contribution in [-0.2, 0) is 12.8 Å². The summed E-state index contributed by atoms with van der Waals surface area (Å²) in [5.41, 5.74) is 1.03. The summed E-state index contributed by atoms with van der Waals surface area (Å²) < 4.78 is 0. The van der Waals surface area contributed by atoms with Crippen LogP contribution in [-0.4, -0.2) is 41.8 Å². The third kappa shape index (κ3) is 3.86. The molecule has 28 heavy (non-hydrogen) atoms. The van der Waals surface area contributed by atoms with Crippen molar-refractivity contribution < 1.29 is 19.3 Å². The third-order valence-corrected chi connectivity index (χ3v) is 5.53. The number of hydrogen-bond acceptors (Lipinski definition) is 6. The summed E-state index contributed by atoms with van der Waals surface area (Å²) in [4.78, 5) is 49.7. The highest BCUT2D eigenvalue weighted by Gasteiger charge is 2.29. The molecule has 0 bridgehead atoms. The topological polar surface area (TPSA) is 122 Å². The van der Waals surface area contributed by atoms with Gasteiger partial charge in [-0.3, -0.25) is 25.0 Å². The predicted octanol–water partition coefficient (Wildman–Crippen LogP) is 2.81. The van der Waals surface area contributed by atoms with Crippen molar-refractivity contribution in [1.29, 1.82) is 0 Å². The zero-order chi connectivity index (χ0) is 20.4. The van der Waals surface area contributed by atoms with Crippen LogP contribution in [0.15, 0.2) is 24.3 Å². The molecule has 0 unspecified atom stereocenters. The van der Waals surface area contributed by atoms with E-state index in [1.165, 1.54) is 54.6 Å². The lowest BCUT2D eigenvalue weighted by molar-refractivity contribution is -0.384. The lowest BCUT2D eigenvalue weighted by Crippen LogP contribution is -2.39. The van der Waals surface area contributed by atoms with Gasteiger partial charge in [0.05, 0.1) is 10.5 Å². The summed E-state index contributed by atoms with van der Waals surface area (Å²) in [6.07, 6.45) is 2.40. The van der Waals surface area contributed by atoms with Crippen LogP contribution in [0.5, 0.6) is 0 Å². The van der Waals surface area contributed by atoms with Crippen molar-refractivity contribution in [3.63, 3.8) is 0 Å². The molecule has 0 atom stereocenters. The van der Waals surface area contributed by atoms with Crippen molar-refractivity contribution >= 4 is 39.9 Å². The number of benzene rings is 1. The quantitative estimate of drug-likeness (QED) is 0.601. The van der Waals surface area contributed by atoms with Gasteiger partial charge in [0.25, 0.3) is 17.5 Å². The highest BCUT2D eigenvalue weighted by Crippen LogP contribution is 2.39. The van der Waals surface area contributed by atoms with E-state index in [1.807, 2.05) is 0 Å². The summed E-state index contributed by atoms with van der Waals surface area (Å²) in [5, 5.41) is 16.2. The Bertz CT molecular complexity index is 982. The average Bonchev–Trinajstić information content (AvgIpc) is 3.22. The minimum atomic E-state index is -0.581. The zero-order valence-corrected chi connectivity index (χ0v) is 16.1. The molecule has 3 rings (SSSR count). The van der Waals surface area contributed by atoms with Crippen LogP contribution >= 0.6 is 11.3 Å². The Labute approximate surface area is 164 Å². The number of nitrogens with one attached hydrogen (secondary N) is 2. The monoisotopic (exact) mass is 402 g/mol. The largest absolute Gasteiger partial charge is 0.331 e. The number of carbonyl (C=O) groups excluding carboxylic acids is 3. The lowest BCUT2D eigenvalue weighted by atomic mass is 10.1. The molecular weight excluding hydrogens is 384 g/mol. The van der Waals surface area contributed by atoms with Crippen molar-refractivity contribution in [2.45, 2.75) is 19.3 Å². The molecule has 0 saturated heterocycles. The molecule has 0 fully saturated rings. The molecule has 4 amide bonds.